The van der Waals surface area contributed by atoms with Crippen LogP contribution in [0.1, 0.15) is 70.7 Å². The van der Waals surface area contributed by atoms with Gasteiger partial charge >= 0.3 is 0 Å². The number of anilines is 2. The third-order valence-corrected chi connectivity index (χ3v) is 7.74. The highest BCUT2D eigenvalue weighted by Gasteiger charge is 2.18. The molecule has 4 aromatic carbocycles. The average molecular weight is 580 g/mol. The van der Waals surface area contributed by atoms with E-state index >= 15 is 4.39 Å². The van der Waals surface area contributed by atoms with E-state index in [1.165, 1.54) is 41.5 Å². The highest BCUT2D eigenvalue weighted by Crippen LogP contribution is 2.31. The Hall–Kier alpha value is -4.58. The first kappa shape index (κ1) is 29.9. The quantitative estimate of drug-likeness (QED) is 0.173. The molecular weight excluding hydrogens is 543 g/mol. The minimum Gasteiger partial charge on any atom is -0.377 e. The lowest BCUT2D eigenvalue weighted by atomic mass is 9.96. The van der Waals surface area contributed by atoms with Crippen molar-refractivity contribution < 1.29 is 13.2 Å². The Morgan fingerprint density at radius 2 is 1.07 bits per heavy atom. The molecule has 0 spiro atoms. The fourth-order valence-electron chi connectivity index (χ4n) is 5.36. The molecule has 0 radical (unpaired) electrons. The largest absolute Gasteiger partial charge is 0.377 e. The number of hydrogen-bond donors (Lipinski definition) is 2. The summed E-state index contributed by atoms with van der Waals surface area (Å²) in [5.41, 5.74) is 8.76. The van der Waals surface area contributed by atoms with Gasteiger partial charge in [0.05, 0.1) is 29.2 Å². The zero-order valence-electron chi connectivity index (χ0n) is 24.9. The number of rotatable bonds is 10. The summed E-state index contributed by atoms with van der Waals surface area (Å²) >= 11 is 0. The molecule has 43 heavy (non-hydrogen) atoms. The van der Waals surface area contributed by atoms with Crippen LogP contribution in [0.3, 0.4) is 0 Å². The van der Waals surface area contributed by atoms with Gasteiger partial charge in [0.2, 0.25) is 0 Å². The predicted molar refractivity (Wildman–Crippen MR) is 169 cm³/mol. The normalized spacial score (nSPS) is 12.5. The molecule has 2 N–H and O–H groups in total. The Morgan fingerprint density at radius 1 is 0.581 bits per heavy atom. The van der Waals surface area contributed by atoms with E-state index in [-0.39, 0.29) is 29.5 Å². The van der Waals surface area contributed by atoms with E-state index in [2.05, 4.69) is 43.5 Å². The molecule has 2 unspecified atom stereocenters. The van der Waals surface area contributed by atoms with Crippen LogP contribution in [0.15, 0.2) is 97.1 Å². The van der Waals surface area contributed by atoms with Crippen LogP contribution in [0.25, 0.3) is 0 Å². The second kappa shape index (κ2) is 13.2. The van der Waals surface area contributed by atoms with E-state index in [0.29, 0.717) is 18.5 Å². The Bertz CT molecular complexity index is 1680. The molecule has 5 rings (SSSR count). The van der Waals surface area contributed by atoms with Crippen LogP contribution >= 0.6 is 0 Å². The lowest BCUT2D eigenvalue weighted by Gasteiger charge is -2.22. The summed E-state index contributed by atoms with van der Waals surface area (Å²) in [7, 11) is 0. The monoisotopic (exact) mass is 579 g/mol. The van der Waals surface area contributed by atoms with Crippen LogP contribution in [0, 0.1) is 31.3 Å². The lowest BCUT2D eigenvalue weighted by molar-refractivity contribution is 0.622. The summed E-state index contributed by atoms with van der Waals surface area (Å²) in [6, 6.07) is 27.7. The van der Waals surface area contributed by atoms with Crippen molar-refractivity contribution in [3.63, 3.8) is 0 Å². The first-order chi connectivity index (χ1) is 20.7. The number of aromatic nitrogens is 1. The van der Waals surface area contributed by atoms with E-state index in [4.69, 9.17) is 4.98 Å². The van der Waals surface area contributed by atoms with Gasteiger partial charge in [0, 0.05) is 5.69 Å². The van der Waals surface area contributed by atoms with Gasteiger partial charge < -0.3 is 10.6 Å². The molecule has 0 bridgehead atoms. The number of hydrogen-bond acceptors (Lipinski definition) is 3. The van der Waals surface area contributed by atoms with Crippen molar-refractivity contribution in [2.24, 2.45) is 0 Å². The van der Waals surface area contributed by atoms with E-state index in [9.17, 15) is 8.78 Å². The van der Waals surface area contributed by atoms with Gasteiger partial charge in [0.1, 0.15) is 17.5 Å². The minimum atomic E-state index is -0.384. The van der Waals surface area contributed by atoms with Crippen molar-refractivity contribution in [3.8, 4) is 0 Å². The Morgan fingerprint density at radius 3 is 1.63 bits per heavy atom. The lowest BCUT2D eigenvalue weighted by Crippen LogP contribution is -2.15. The van der Waals surface area contributed by atoms with E-state index in [1.54, 1.807) is 24.3 Å². The number of aryl methyl sites for hydroxylation is 2. The molecule has 0 aliphatic carbocycles. The summed E-state index contributed by atoms with van der Waals surface area (Å²) < 4.78 is 42.9. The molecule has 1 heterocycles. The highest BCUT2D eigenvalue weighted by atomic mass is 19.1. The van der Waals surface area contributed by atoms with Gasteiger partial charge in [-0.05, 0) is 116 Å². The molecule has 3 nitrogen and oxygen atoms in total. The molecule has 5 aromatic rings. The molecule has 1 aromatic heterocycles. The van der Waals surface area contributed by atoms with Crippen molar-refractivity contribution in [2.45, 2.75) is 52.6 Å². The fourth-order valence-corrected chi connectivity index (χ4v) is 5.36. The first-order valence-corrected chi connectivity index (χ1v) is 14.5. The van der Waals surface area contributed by atoms with Crippen molar-refractivity contribution >= 4 is 11.4 Å². The van der Waals surface area contributed by atoms with Gasteiger partial charge in [-0.3, -0.25) is 4.98 Å². The van der Waals surface area contributed by atoms with Crippen molar-refractivity contribution in [1.82, 2.24) is 4.98 Å². The average Bonchev–Trinajstić information content (AvgIpc) is 2.99. The SMILES string of the molecule is Cc1cccc(C)c1NC(C)c1cccc(C(C)Nc2c(F)cc(Cc3ccc(F)cc3)cc2Cc2ccc(F)cc2)n1. The Kier molecular flexibility index (Phi) is 9.15. The number of nitrogens with one attached hydrogen (secondary N) is 2. The summed E-state index contributed by atoms with van der Waals surface area (Å²) in [5.74, 6) is -1.02. The van der Waals surface area contributed by atoms with E-state index in [0.717, 1.165) is 39.3 Å². The zero-order valence-corrected chi connectivity index (χ0v) is 24.9. The predicted octanol–water partition coefficient (Wildman–Crippen LogP) is 9.64. The van der Waals surface area contributed by atoms with Gasteiger partial charge in [-0.25, -0.2) is 13.2 Å². The minimum absolute atomic E-state index is 0.0385. The number of nitrogens with zero attached hydrogens (tertiary/aromatic N) is 1. The molecule has 0 amide bonds. The number of halogens is 3. The van der Waals surface area contributed by atoms with Crippen molar-refractivity contribution in [1.29, 1.82) is 0 Å². The molecule has 0 saturated carbocycles. The van der Waals surface area contributed by atoms with Gasteiger partial charge in [-0.1, -0.05) is 54.6 Å². The zero-order chi connectivity index (χ0) is 30.5. The smallest absolute Gasteiger partial charge is 0.146 e. The maximum Gasteiger partial charge on any atom is 0.146 e. The summed E-state index contributed by atoms with van der Waals surface area (Å²) in [5, 5.41) is 6.98. The topological polar surface area (TPSA) is 37.0 Å². The fraction of sp³-hybridized carbons (Fsp3) is 0.216. The van der Waals surface area contributed by atoms with Crippen molar-refractivity contribution in [2.75, 3.05) is 10.6 Å². The second-order valence-electron chi connectivity index (χ2n) is 11.2. The van der Waals surface area contributed by atoms with E-state index in [1.807, 2.05) is 37.3 Å². The molecule has 220 valence electrons. The highest BCUT2D eigenvalue weighted by molar-refractivity contribution is 5.58. The molecule has 2 atom stereocenters. The number of benzene rings is 4. The number of para-hydroxylation sites is 1. The van der Waals surface area contributed by atoms with Crippen LogP contribution in [0.4, 0.5) is 24.5 Å². The Balaban J connectivity index is 1.41. The molecule has 0 aliphatic heterocycles. The Labute approximate surface area is 251 Å². The standard InChI is InChI=1S/C37H36F3N3/c1-23-7-5-8-24(2)36(23)41-25(3)34-9-6-10-35(43-34)26(4)42-37-30(20-28-13-17-32(39)18-14-28)21-29(22-33(37)40)19-27-11-15-31(38)16-12-27/h5-18,21-22,25-26,41-42H,19-20H2,1-4H3. The molecular formula is C37H36F3N3. The van der Waals surface area contributed by atoms with Crippen molar-refractivity contribution in [3.05, 3.63) is 159 Å². The maximum absolute atomic E-state index is 15.8. The van der Waals surface area contributed by atoms with Crippen LogP contribution in [-0.2, 0) is 12.8 Å². The second-order valence-corrected chi connectivity index (χ2v) is 11.2. The number of pyridine rings is 1. The molecule has 0 fully saturated rings. The third-order valence-electron chi connectivity index (χ3n) is 7.74. The van der Waals surface area contributed by atoms with E-state index < -0.39 is 0 Å². The van der Waals surface area contributed by atoms with Gasteiger partial charge in [0.15, 0.2) is 0 Å². The summed E-state index contributed by atoms with van der Waals surface area (Å²) in [6.45, 7) is 8.21. The van der Waals surface area contributed by atoms with Crippen LogP contribution in [-0.4, -0.2) is 4.98 Å². The third kappa shape index (κ3) is 7.44. The first-order valence-electron chi connectivity index (χ1n) is 14.5. The molecule has 6 heteroatoms. The van der Waals surface area contributed by atoms with Gasteiger partial charge in [-0.15, -0.1) is 0 Å². The molecule has 0 aliphatic rings. The van der Waals surface area contributed by atoms with Gasteiger partial charge in [0.25, 0.3) is 0 Å². The maximum atomic E-state index is 15.8. The van der Waals surface area contributed by atoms with Crippen LogP contribution < -0.4 is 10.6 Å². The van der Waals surface area contributed by atoms with Crippen LogP contribution in [0.5, 0.6) is 0 Å². The molecule has 0 saturated heterocycles. The summed E-state index contributed by atoms with van der Waals surface area (Å²) in [4.78, 5) is 4.94. The summed E-state index contributed by atoms with van der Waals surface area (Å²) in [6.07, 6.45) is 0.867. The van der Waals surface area contributed by atoms with Gasteiger partial charge in [-0.2, -0.15) is 0 Å². The van der Waals surface area contributed by atoms with Crippen LogP contribution in [0.2, 0.25) is 0 Å².